The molecule has 2 amide bonds. The first-order valence-electron chi connectivity index (χ1n) is 9.18. The van der Waals surface area contributed by atoms with Gasteiger partial charge in [0.15, 0.2) is 5.82 Å². The molecule has 1 aromatic carbocycles. The third-order valence-electron chi connectivity index (χ3n) is 4.50. The molecule has 7 nitrogen and oxygen atoms in total. The minimum absolute atomic E-state index is 0.00669. The Bertz CT molecular complexity index is 1230. The zero-order chi connectivity index (χ0) is 24.5. The van der Waals surface area contributed by atoms with Crippen LogP contribution in [-0.4, -0.2) is 33.6 Å². The number of halogens is 6. The van der Waals surface area contributed by atoms with Crippen LogP contribution in [0.4, 0.5) is 27.6 Å². The third kappa shape index (κ3) is 4.95. The molecule has 3 aromatic rings. The summed E-state index contributed by atoms with van der Waals surface area (Å²) in [5, 5.41) is 8.21. The number of carbonyl (C=O) groups excluding carboxylic acids is 2. The van der Waals surface area contributed by atoms with E-state index in [1.807, 2.05) is 0 Å². The highest BCUT2D eigenvalue weighted by Gasteiger charge is 2.33. The second-order valence-corrected chi connectivity index (χ2v) is 7.13. The highest BCUT2D eigenvalue weighted by molar-refractivity contribution is 6.32. The van der Waals surface area contributed by atoms with Crippen molar-refractivity contribution in [2.75, 3.05) is 12.4 Å². The Balaban J connectivity index is 2.12. The maximum atomic E-state index is 13.3. The van der Waals surface area contributed by atoms with Crippen molar-refractivity contribution in [3.8, 4) is 5.82 Å². The van der Waals surface area contributed by atoms with Crippen molar-refractivity contribution in [3.05, 3.63) is 69.6 Å². The van der Waals surface area contributed by atoms with Crippen LogP contribution in [0.3, 0.4) is 0 Å². The second-order valence-electron chi connectivity index (χ2n) is 6.72. The van der Waals surface area contributed by atoms with Crippen LogP contribution in [0.2, 0.25) is 5.02 Å². The lowest BCUT2D eigenvalue weighted by Crippen LogP contribution is -2.24. The van der Waals surface area contributed by atoms with E-state index < -0.39 is 46.9 Å². The van der Waals surface area contributed by atoms with Gasteiger partial charge in [0.2, 0.25) is 0 Å². The topological polar surface area (TPSA) is 88.9 Å². The number of nitrogens with one attached hydrogen (secondary N) is 2. The highest BCUT2D eigenvalue weighted by atomic mass is 35.5. The monoisotopic (exact) mass is 487 g/mol. The number of rotatable bonds is 5. The number of nitrogens with zero attached hydrogens (tertiary/aromatic N) is 3. The molecule has 33 heavy (non-hydrogen) atoms. The summed E-state index contributed by atoms with van der Waals surface area (Å²) in [6.07, 6.45) is -6.47. The largest absolute Gasteiger partial charge is 0.416 e. The smallest absolute Gasteiger partial charge is 0.355 e. The lowest BCUT2D eigenvalue weighted by atomic mass is 10.0. The van der Waals surface area contributed by atoms with Gasteiger partial charge >= 0.3 is 6.18 Å². The molecule has 0 fully saturated rings. The van der Waals surface area contributed by atoms with E-state index in [-0.39, 0.29) is 22.1 Å². The maximum absolute atomic E-state index is 13.3. The van der Waals surface area contributed by atoms with E-state index >= 15 is 0 Å². The van der Waals surface area contributed by atoms with Crippen molar-refractivity contribution >= 4 is 29.1 Å². The number of pyridine rings is 1. The SMILES string of the molecule is CNC(=O)c1cc(C(F)(F)F)cc(C)c1NC(=O)c1cc(C(F)F)nn1-c1ncccc1Cl. The third-order valence-corrected chi connectivity index (χ3v) is 4.79. The van der Waals surface area contributed by atoms with Gasteiger partial charge in [0, 0.05) is 13.2 Å². The van der Waals surface area contributed by atoms with Crippen molar-refractivity contribution in [3.63, 3.8) is 0 Å². The molecule has 0 saturated heterocycles. The standard InChI is InChI=1S/C20H15ClF5N5O2/c1-9-6-10(20(24,25)26)7-11(18(32)27-2)15(9)29-19(33)14-8-13(16(22)23)30-31(14)17-12(21)4-3-5-28-17/h3-8,16H,1-2H3,(H,27,32)(H,29,33). The van der Waals surface area contributed by atoms with Crippen LogP contribution in [0.25, 0.3) is 5.82 Å². The second kappa shape index (κ2) is 9.14. The summed E-state index contributed by atoms with van der Waals surface area (Å²) in [5.41, 5.74) is -3.04. The molecule has 0 unspecified atom stereocenters. The van der Waals surface area contributed by atoms with Gasteiger partial charge in [0.1, 0.15) is 11.4 Å². The van der Waals surface area contributed by atoms with Crippen molar-refractivity contribution in [2.24, 2.45) is 0 Å². The summed E-state index contributed by atoms with van der Waals surface area (Å²) in [6, 6.07) is 5.01. The highest BCUT2D eigenvalue weighted by Crippen LogP contribution is 2.34. The summed E-state index contributed by atoms with van der Waals surface area (Å²) in [4.78, 5) is 29.2. The van der Waals surface area contributed by atoms with Crippen LogP contribution in [0.5, 0.6) is 0 Å². The Morgan fingerprint density at radius 3 is 2.42 bits per heavy atom. The van der Waals surface area contributed by atoms with E-state index in [4.69, 9.17) is 11.6 Å². The predicted molar refractivity (Wildman–Crippen MR) is 109 cm³/mol. The normalized spacial score (nSPS) is 11.5. The molecule has 0 saturated carbocycles. The van der Waals surface area contributed by atoms with Crippen molar-refractivity contribution in [1.82, 2.24) is 20.1 Å². The van der Waals surface area contributed by atoms with Gasteiger partial charge in [-0.3, -0.25) is 9.59 Å². The summed E-state index contributed by atoms with van der Waals surface area (Å²) >= 11 is 6.05. The van der Waals surface area contributed by atoms with Crippen LogP contribution < -0.4 is 10.6 Å². The number of benzene rings is 1. The van der Waals surface area contributed by atoms with Gasteiger partial charge in [-0.05, 0) is 42.8 Å². The van der Waals surface area contributed by atoms with Crippen LogP contribution in [0.15, 0.2) is 36.5 Å². The molecule has 3 rings (SSSR count). The number of alkyl halides is 5. The first kappa shape index (κ1) is 24.1. The average molecular weight is 488 g/mol. The lowest BCUT2D eigenvalue weighted by molar-refractivity contribution is -0.137. The number of carbonyl (C=O) groups is 2. The van der Waals surface area contributed by atoms with Crippen LogP contribution in [-0.2, 0) is 6.18 Å². The summed E-state index contributed by atoms with van der Waals surface area (Å²) in [5.74, 6) is -2.04. The van der Waals surface area contributed by atoms with Crippen LogP contribution in [0, 0.1) is 6.92 Å². The van der Waals surface area contributed by atoms with Gasteiger partial charge in [-0.1, -0.05) is 11.6 Å². The molecule has 2 aromatic heterocycles. The summed E-state index contributed by atoms with van der Waals surface area (Å²) < 4.78 is 67.0. The number of aryl methyl sites for hydroxylation is 1. The molecule has 0 radical (unpaired) electrons. The minimum atomic E-state index is -4.74. The Labute approximate surface area is 188 Å². The van der Waals surface area contributed by atoms with Crippen molar-refractivity contribution < 1.29 is 31.5 Å². The number of hydrogen-bond donors (Lipinski definition) is 2. The van der Waals surface area contributed by atoms with Gasteiger partial charge in [-0.15, -0.1) is 0 Å². The van der Waals surface area contributed by atoms with Crippen LogP contribution >= 0.6 is 11.6 Å². The molecule has 2 N–H and O–H groups in total. The molecule has 0 spiro atoms. The van der Waals surface area contributed by atoms with E-state index in [1.54, 1.807) is 0 Å². The first-order valence-corrected chi connectivity index (χ1v) is 9.56. The molecule has 0 bridgehead atoms. The summed E-state index contributed by atoms with van der Waals surface area (Å²) in [6.45, 7) is 1.26. The summed E-state index contributed by atoms with van der Waals surface area (Å²) in [7, 11) is 1.20. The molecule has 2 heterocycles. The van der Waals surface area contributed by atoms with E-state index in [9.17, 15) is 31.5 Å². The molecular weight excluding hydrogens is 473 g/mol. The van der Waals surface area contributed by atoms with Gasteiger partial charge in [0.05, 0.1) is 21.8 Å². The zero-order valence-electron chi connectivity index (χ0n) is 17.0. The van der Waals surface area contributed by atoms with Crippen LogP contribution in [0.1, 0.15) is 44.1 Å². The van der Waals surface area contributed by atoms with E-state index in [0.717, 1.165) is 16.8 Å². The number of anilines is 1. The predicted octanol–water partition coefficient (Wildman–Crippen LogP) is 4.80. The van der Waals surface area contributed by atoms with Crippen molar-refractivity contribution in [2.45, 2.75) is 19.5 Å². The van der Waals surface area contributed by atoms with E-state index in [0.29, 0.717) is 6.07 Å². The fourth-order valence-corrected chi connectivity index (χ4v) is 3.17. The molecule has 0 aliphatic rings. The van der Waals surface area contributed by atoms with Gasteiger partial charge in [-0.25, -0.2) is 18.4 Å². The molecule has 0 aliphatic carbocycles. The van der Waals surface area contributed by atoms with E-state index in [1.165, 1.54) is 32.3 Å². The Morgan fingerprint density at radius 2 is 1.85 bits per heavy atom. The first-order chi connectivity index (χ1) is 15.4. The molecule has 0 aliphatic heterocycles. The fourth-order valence-electron chi connectivity index (χ4n) is 2.97. The van der Waals surface area contributed by atoms with Gasteiger partial charge in [0.25, 0.3) is 18.2 Å². The average Bonchev–Trinajstić information content (AvgIpc) is 3.19. The molecular formula is C20H15ClF5N5O2. The quantitative estimate of drug-likeness (QED) is 0.506. The number of hydrogen-bond acceptors (Lipinski definition) is 4. The Morgan fingerprint density at radius 1 is 1.15 bits per heavy atom. The maximum Gasteiger partial charge on any atom is 0.416 e. The Kier molecular flexibility index (Phi) is 6.68. The van der Waals surface area contributed by atoms with Gasteiger partial charge < -0.3 is 10.6 Å². The van der Waals surface area contributed by atoms with E-state index in [2.05, 4.69) is 20.7 Å². The lowest BCUT2D eigenvalue weighted by Gasteiger charge is -2.17. The van der Waals surface area contributed by atoms with Crippen molar-refractivity contribution in [1.29, 1.82) is 0 Å². The Hall–Kier alpha value is -3.54. The minimum Gasteiger partial charge on any atom is -0.355 e. The number of aromatic nitrogens is 3. The molecule has 0 atom stereocenters. The molecule has 13 heteroatoms. The molecule has 174 valence electrons. The van der Waals surface area contributed by atoms with Gasteiger partial charge in [-0.2, -0.15) is 18.3 Å². The number of amides is 2. The fraction of sp³-hybridized carbons (Fsp3) is 0.200. The zero-order valence-corrected chi connectivity index (χ0v) is 17.7.